The number of aryl methyl sites for hydroxylation is 1. The first-order valence-corrected chi connectivity index (χ1v) is 22.2. The van der Waals surface area contributed by atoms with Gasteiger partial charge in [0.25, 0.3) is 0 Å². The summed E-state index contributed by atoms with van der Waals surface area (Å²) in [6.45, 7) is 0. The molecule has 14 heteroatoms. The Labute approximate surface area is 389 Å². The molecule has 6 N–H and O–H groups in total. The molecule has 0 radical (unpaired) electrons. The molecule has 0 bridgehead atoms. The van der Waals surface area contributed by atoms with Gasteiger partial charge in [-0.15, -0.1) is 0 Å². The Kier molecular flexibility index (Phi) is 11.3. The quantitative estimate of drug-likeness (QED) is 0.0781. The molecule has 0 fully saturated rings. The van der Waals surface area contributed by atoms with Gasteiger partial charge in [0.1, 0.15) is 23.6 Å². The van der Waals surface area contributed by atoms with Crippen LogP contribution in [0.5, 0.6) is 0 Å². The Morgan fingerprint density at radius 3 is 1.56 bits per heavy atom. The van der Waals surface area contributed by atoms with Crippen molar-refractivity contribution in [3.05, 3.63) is 194 Å². The first-order valence-electron chi connectivity index (χ1n) is 22.2. The number of aromatic nitrogens is 8. The number of nitrogens with zero attached hydrogens (tertiary/aromatic N) is 6. The highest BCUT2D eigenvalue weighted by molar-refractivity contribution is 5.94. The van der Waals surface area contributed by atoms with E-state index < -0.39 is 6.17 Å². The molecular formula is C54H42F2N12. The van der Waals surface area contributed by atoms with Gasteiger partial charge in [-0.3, -0.25) is 19.9 Å². The molecule has 1 atom stereocenters. The summed E-state index contributed by atoms with van der Waals surface area (Å²) in [4.78, 5) is 33.1. The predicted molar refractivity (Wildman–Crippen MR) is 268 cm³/mol. The zero-order valence-corrected chi connectivity index (χ0v) is 36.4. The van der Waals surface area contributed by atoms with Crippen LogP contribution in [-0.2, 0) is 12.8 Å². The minimum atomic E-state index is -0.804. The van der Waals surface area contributed by atoms with Gasteiger partial charge in [0.05, 0.1) is 27.6 Å². The minimum Gasteiger partial charge on any atom is -0.355 e. The van der Waals surface area contributed by atoms with Crippen molar-refractivity contribution < 1.29 is 8.78 Å². The van der Waals surface area contributed by atoms with Crippen molar-refractivity contribution in [3.8, 4) is 22.8 Å². The smallest absolute Gasteiger partial charge is 0.138 e. The Morgan fingerprint density at radius 2 is 0.971 bits per heavy atom. The highest BCUT2D eigenvalue weighted by atomic mass is 19.1. The van der Waals surface area contributed by atoms with Gasteiger partial charge in [0, 0.05) is 111 Å². The van der Waals surface area contributed by atoms with Crippen molar-refractivity contribution in [2.24, 2.45) is 0 Å². The van der Waals surface area contributed by atoms with Crippen molar-refractivity contribution >= 4 is 78.5 Å². The number of nitrogens with one attached hydrogen (secondary N) is 6. The van der Waals surface area contributed by atoms with Crippen molar-refractivity contribution in [3.63, 3.8) is 0 Å². The molecule has 0 amide bonds. The zero-order chi connectivity index (χ0) is 45.8. The molecule has 5 aromatic carbocycles. The third-order valence-electron chi connectivity index (χ3n) is 11.7. The summed E-state index contributed by atoms with van der Waals surface area (Å²) in [5.74, 6) is 1.31. The van der Waals surface area contributed by atoms with Crippen LogP contribution < -0.4 is 21.3 Å². The fraction of sp³-hybridized carbons (Fsp3) is 0.0741. The summed E-state index contributed by atoms with van der Waals surface area (Å²) in [5, 5.41) is 14.3. The summed E-state index contributed by atoms with van der Waals surface area (Å²) < 4.78 is 27.8. The third kappa shape index (κ3) is 9.24. The Hall–Kier alpha value is -9.04. The van der Waals surface area contributed by atoms with E-state index in [2.05, 4.69) is 51.2 Å². The van der Waals surface area contributed by atoms with E-state index >= 15 is 0 Å². The molecule has 0 saturated heterocycles. The largest absolute Gasteiger partial charge is 0.355 e. The summed E-state index contributed by atoms with van der Waals surface area (Å²) in [6, 6.07) is 44.2. The molecule has 0 aliphatic heterocycles. The van der Waals surface area contributed by atoms with Crippen molar-refractivity contribution in [1.82, 2.24) is 39.9 Å². The van der Waals surface area contributed by atoms with E-state index in [4.69, 9.17) is 9.97 Å². The number of benzene rings is 5. The lowest BCUT2D eigenvalue weighted by molar-refractivity contribution is 0.300. The van der Waals surface area contributed by atoms with Gasteiger partial charge in [-0.1, -0.05) is 0 Å². The second kappa shape index (κ2) is 18.4. The molecule has 11 aromatic rings. The highest BCUT2D eigenvalue weighted by Crippen LogP contribution is 2.33. The summed E-state index contributed by atoms with van der Waals surface area (Å²) in [6.07, 6.45) is 11.4. The first-order chi connectivity index (χ1) is 33.4. The number of hydrogen-bond acceptors (Lipinski definition) is 10. The van der Waals surface area contributed by atoms with Crippen LogP contribution >= 0.6 is 0 Å². The number of alkyl halides is 1. The van der Waals surface area contributed by atoms with Gasteiger partial charge in [0.2, 0.25) is 0 Å². The molecule has 0 saturated carbocycles. The molecule has 68 heavy (non-hydrogen) atoms. The molecule has 1 unspecified atom stereocenters. The summed E-state index contributed by atoms with van der Waals surface area (Å²) >= 11 is 0. The van der Waals surface area contributed by atoms with E-state index in [1.807, 2.05) is 121 Å². The monoisotopic (exact) mass is 896 g/mol. The molecular weight excluding hydrogens is 855 g/mol. The number of aromatic amines is 2. The number of hydrogen-bond donors (Lipinski definition) is 6. The second-order valence-electron chi connectivity index (χ2n) is 16.4. The van der Waals surface area contributed by atoms with Crippen LogP contribution in [0.4, 0.5) is 54.3 Å². The Balaban J connectivity index is 0.000000149. The summed E-state index contributed by atoms with van der Waals surface area (Å²) in [7, 11) is 0. The van der Waals surface area contributed by atoms with Gasteiger partial charge < -0.3 is 31.2 Å². The zero-order valence-electron chi connectivity index (χ0n) is 36.4. The SMILES string of the molecule is FC1CCc2nccc(Nc3ccc4nc(-c5ccc(Nc6ccncc6)cc5)[nH]c4c3)c2C1.Fc1ccc2nccc(Nc3ccc4nc(-c5ccc(Nc6ccncc6)cc5)[nH]c4c3)c2c1. The van der Waals surface area contributed by atoms with Crippen LogP contribution in [0.1, 0.15) is 17.7 Å². The van der Waals surface area contributed by atoms with Gasteiger partial charge in [-0.25, -0.2) is 18.7 Å². The maximum atomic E-state index is 14.0. The first kappa shape index (κ1) is 41.7. The van der Waals surface area contributed by atoms with Crippen LogP contribution in [0.15, 0.2) is 177 Å². The van der Waals surface area contributed by atoms with Gasteiger partial charge in [0.15, 0.2) is 0 Å². The number of imidazole rings is 2. The molecule has 12 rings (SSSR count). The molecule has 1 aliphatic rings. The topological polar surface area (TPSA) is 157 Å². The Morgan fingerprint density at radius 1 is 0.471 bits per heavy atom. The van der Waals surface area contributed by atoms with E-state index in [9.17, 15) is 8.78 Å². The number of pyridine rings is 4. The molecule has 0 spiro atoms. The molecule has 12 nitrogen and oxygen atoms in total. The fourth-order valence-electron chi connectivity index (χ4n) is 8.33. The van der Waals surface area contributed by atoms with Gasteiger partial charge >= 0.3 is 0 Å². The fourth-order valence-corrected chi connectivity index (χ4v) is 8.33. The van der Waals surface area contributed by atoms with Crippen molar-refractivity contribution in [2.45, 2.75) is 25.4 Å². The number of anilines is 8. The lowest BCUT2D eigenvalue weighted by Crippen LogP contribution is -2.17. The number of H-pyrrole nitrogens is 2. The van der Waals surface area contributed by atoms with E-state index in [1.165, 1.54) is 12.1 Å². The molecule has 332 valence electrons. The average molecular weight is 897 g/mol. The maximum Gasteiger partial charge on any atom is 0.138 e. The average Bonchev–Trinajstić information content (AvgIpc) is 4.00. The van der Waals surface area contributed by atoms with E-state index in [-0.39, 0.29) is 5.82 Å². The molecule has 6 heterocycles. The lowest BCUT2D eigenvalue weighted by atomic mass is 9.93. The van der Waals surface area contributed by atoms with Crippen LogP contribution in [0.25, 0.3) is 55.7 Å². The van der Waals surface area contributed by atoms with Crippen molar-refractivity contribution in [2.75, 3.05) is 21.3 Å². The number of rotatable bonds is 10. The third-order valence-corrected chi connectivity index (χ3v) is 11.7. The number of fused-ring (bicyclic) bond motifs is 4. The lowest BCUT2D eigenvalue weighted by Gasteiger charge is -2.21. The van der Waals surface area contributed by atoms with Crippen LogP contribution in [-0.4, -0.2) is 46.0 Å². The molecule has 6 aromatic heterocycles. The van der Waals surface area contributed by atoms with Gasteiger partial charge in [-0.05, 0) is 158 Å². The minimum absolute atomic E-state index is 0.292. The van der Waals surface area contributed by atoms with Crippen LogP contribution in [0.2, 0.25) is 0 Å². The van der Waals surface area contributed by atoms with E-state index in [1.54, 1.807) is 43.2 Å². The van der Waals surface area contributed by atoms with Crippen LogP contribution in [0.3, 0.4) is 0 Å². The van der Waals surface area contributed by atoms with E-state index in [0.29, 0.717) is 19.3 Å². The standard InChI is InChI=1S/C27H23FN6.C27H19FN6/c2*28-18-3-7-23-22(15-18)24(11-14-30-23)32-21-6-8-25-26(16-21)34-27(33-25)17-1-4-19(5-2-17)31-20-9-12-29-13-10-20/h1-2,4-6,8-14,16,18H,3,7,15H2,(H,29,31)(H,30,32)(H,33,34);1-16H,(H,29,31)(H,30,32)(H,33,34). The second-order valence-corrected chi connectivity index (χ2v) is 16.4. The summed E-state index contributed by atoms with van der Waals surface area (Å²) in [5.41, 5.74) is 15.8. The van der Waals surface area contributed by atoms with Crippen LogP contribution in [0, 0.1) is 5.82 Å². The highest BCUT2D eigenvalue weighted by Gasteiger charge is 2.22. The van der Waals surface area contributed by atoms with Gasteiger partial charge in [-0.2, -0.15) is 0 Å². The maximum absolute atomic E-state index is 14.0. The van der Waals surface area contributed by atoms with Crippen molar-refractivity contribution in [1.29, 1.82) is 0 Å². The predicted octanol–water partition coefficient (Wildman–Crippen LogP) is 13.1. The Bertz CT molecular complexity index is 3530. The molecule has 1 aliphatic carbocycles. The normalized spacial score (nSPS) is 13.1. The van der Waals surface area contributed by atoms with E-state index in [0.717, 1.165) is 113 Å². The number of halogens is 2.